The average Bonchev–Trinajstić information content (AvgIpc) is 2.75. The third kappa shape index (κ3) is 1.89. The summed E-state index contributed by atoms with van der Waals surface area (Å²) < 4.78 is 0. The quantitative estimate of drug-likeness (QED) is 0.447. The minimum atomic E-state index is 0.941. The minimum absolute atomic E-state index is 0.941. The van der Waals surface area contributed by atoms with Gasteiger partial charge in [-0.3, -0.25) is 0 Å². The first-order valence-corrected chi connectivity index (χ1v) is 6.51. The second kappa shape index (κ2) is 4.51. The number of fused-ring (bicyclic) bond motifs is 2. The third-order valence-corrected chi connectivity index (χ3v) is 4.44. The molecule has 1 saturated carbocycles. The lowest BCUT2D eigenvalue weighted by molar-refractivity contribution is 0.304. The van der Waals surface area contributed by atoms with Crippen molar-refractivity contribution in [1.29, 1.82) is 0 Å². The van der Waals surface area contributed by atoms with Crippen LogP contribution in [0.15, 0.2) is 12.2 Å². The molecule has 0 radical (unpaired) electrons. The van der Waals surface area contributed by atoms with E-state index in [2.05, 4.69) is 26.0 Å². The minimum Gasteiger partial charge on any atom is -0.0848 e. The van der Waals surface area contributed by atoms with Gasteiger partial charge in [0.25, 0.3) is 0 Å². The lowest BCUT2D eigenvalue weighted by atomic mass is 9.81. The SMILES string of the molecule is CCCCCCC1C2C=CC(C2)C1C. The number of rotatable bonds is 5. The van der Waals surface area contributed by atoms with E-state index in [1.54, 1.807) is 0 Å². The largest absolute Gasteiger partial charge is 0.0848 e. The summed E-state index contributed by atoms with van der Waals surface area (Å²) in [6, 6.07) is 0. The highest BCUT2D eigenvalue weighted by atomic mass is 14.5. The highest BCUT2D eigenvalue weighted by molar-refractivity contribution is 5.12. The van der Waals surface area contributed by atoms with Crippen molar-refractivity contribution in [1.82, 2.24) is 0 Å². The maximum atomic E-state index is 2.50. The Hall–Kier alpha value is -0.260. The van der Waals surface area contributed by atoms with Crippen LogP contribution in [0.3, 0.4) is 0 Å². The van der Waals surface area contributed by atoms with E-state index in [4.69, 9.17) is 0 Å². The van der Waals surface area contributed by atoms with Crippen LogP contribution in [-0.2, 0) is 0 Å². The molecule has 0 spiro atoms. The van der Waals surface area contributed by atoms with Gasteiger partial charge in [0.15, 0.2) is 0 Å². The fourth-order valence-corrected chi connectivity index (χ4v) is 3.46. The van der Waals surface area contributed by atoms with Gasteiger partial charge in [0.05, 0.1) is 0 Å². The highest BCUT2D eigenvalue weighted by Crippen LogP contribution is 2.49. The molecule has 1 fully saturated rings. The Bertz CT molecular complexity index is 204. The molecule has 4 unspecified atom stereocenters. The Labute approximate surface area is 88.8 Å². The molecule has 0 aromatic rings. The molecule has 0 amide bonds. The third-order valence-electron chi connectivity index (χ3n) is 4.44. The van der Waals surface area contributed by atoms with E-state index < -0.39 is 0 Å². The van der Waals surface area contributed by atoms with E-state index in [-0.39, 0.29) is 0 Å². The van der Waals surface area contributed by atoms with E-state index in [0.717, 1.165) is 23.7 Å². The van der Waals surface area contributed by atoms with Crippen molar-refractivity contribution in [3.8, 4) is 0 Å². The van der Waals surface area contributed by atoms with Gasteiger partial charge in [0, 0.05) is 0 Å². The molecule has 2 rings (SSSR count). The summed E-state index contributed by atoms with van der Waals surface area (Å²) in [6.07, 6.45) is 13.7. The Morgan fingerprint density at radius 1 is 1.07 bits per heavy atom. The van der Waals surface area contributed by atoms with E-state index in [9.17, 15) is 0 Å². The molecular weight excluding hydrogens is 168 g/mol. The number of hydrogen-bond acceptors (Lipinski definition) is 0. The van der Waals surface area contributed by atoms with Crippen LogP contribution in [-0.4, -0.2) is 0 Å². The second-order valence-corrected chi connectivity index (χ2v) is 5.32. The van der Waals surface area contributed by atoms with Crippen LogP contribution in [0.25, 0.3) is 0 Å². The summed E-state index contributed by atoms with van der Waals surface area (Å²) in [5.41, 5.74) is 0. The molecule has 4 atom stereocenters. The van der Waals surface area contributed by atoms with Crippen molar-refractivity contribution in [3.05, 3.63) is 12.2 Å². The van der Waals surface area contributed by atoms with Gasteiger partial charge in [-0.15, -0.1) is 0 Å². The van der Waals surface area contributed by atoms with E-state index >= 15 is 0 Å². The molecular formula is C14H24. The van der Waals surface area contributed by atoms with Crippen molar-refractivity contribution in [2.24, 2.45) is 23.7 Å². The summed E-state index contributed by atoms with van der Waals surface area (Å²) in [5.74, 6) is 3.90. The lowest BCUT2D eigenvalue weighted by Crippen LogP contribution is -2.16. The zero-order valence-electron chi connectivity index (χ0n) is 9.71. The van der Waals surface area contributed by atoms with Crippen molar-refractivity contribution in [2.75, 3.05) is 0 Å². The maximum absolute atomic E-state index is 2.50. The second-order valence-electron chi connectivity index (χ2n) is 5.32. The van der Waals surface area contributed by atoms with Gasteiger partial charge in [-0.2, -0.15) is 0 Å². The smallest absolute Gasteiger partial charge is 0.0197 e. The van der Waals surface area contributed by atoms with Crippen LogP contribution >= 0.6 is 0 Å². The van der Waals surface area contributed by atoms with Gasteiger partial charge in [0.1, 0.15) is 0 Å². The summed E-state index contributed by atoms with van der Waals surface area (Å²) in [6.45, 7) is 4.77. The van der Waals surface area contributed by atoms with Gasteiger partial charge < -0.3 is 0 Å². The monoisotopic (exact) mass is 192 g/mol. The Kier molecular flexibility index (Phi) is 3.30. The molecule has 0 N–H and O–H groups in total. The molecule has 2 aliphatic rings. The maximum Gasteiger partial charge on any atom is -0.0197 e. The molecule has 0 aliphatic heterocycles. The fraction of sp³-hybridized carbons (Fsp3) is 0.857. The zero-order chi connectivity index (χ0) is 9.97. The predicted octanol–water partition coefficient (Wildman–Crippen LogP) is 4.42. The fourth-order valence-electron chi connectivity index (χ4n) is 3.46. The van der Waals surface area contributed by atoms with Gasteiger partial charge in [0.2, 0.25) is 0 Å². The Morgan fingerprint density at radius 2 is 1.86 bits per heavy atom. The van der Waals surface area contributed by atoms with Crippen LogP contribution in [0.2, 0.25) is 0 Å². The molecule has 0 nitrogen and oxygen atoms in total. The van der Waals surface area contributed by atoms with Crippen LogP contribution < -0.4 is 0 Å². The summed E-state index contributed by atoms with van der Waals surface area (Å²) in [4.78, 5) is 0. The summed E-state index contributed by atoms with van der Waals surface area (Å²) in [7, 11) is 0. The average molecular weight is 192 g/mol. The van der Waals surface area contributed by atoms with Crippen molar-refractivity contribution in [3.63, 3.8) is 0 Å². The molecule has 0 saturated heterocycles. The molecule has 0 heteroatoms. The highest BCUT2D eigenvalue weighted by Gasteiger charge is 2.40. The first-order chi connectivity index (χ1) is 6.83. The first kappa shape index (κ1) is 10.3. The van der Waals surface area contributed by atoms with E-state index in [1.165, 1.54) is 38.5 Å². The topological polar surface area (TPSA) is 0 Å². The van der Waals surface area contributed by atoms with Crippen LogP contribution in [0.5, 0.6) is 0 Å². The van der Waals surface area contributed by atoms with E-state index in [1.807, 2.05) is 0 Å². The van der Waals surface area contributed by atoms with Crippen molar-refractivity contribution < 1.29 is 0 Å². The van der Waals surface area contributed by atoms with Crippen molar-refractivity contribution in [2.45, 2.75) is 52.4 Å². The standard InChI is InChI=1S/C14H24/c1-3-4-5-6-7-14-11(2)12-8-9-13(14)10-12/h8-9,11-14H,3-7,10H2,1-2H3. The van der Waals surface area contributed by atoms with Gasteiger partial charge in [-0.05, 0) is 36.5 Å². The van der Waals surface area contributed by atoms with E-state index in [0.29, 0.717) is 0 Å². The van der Waals surface area contributed by atoms with Crippen LogP contribution in [0.4, 0.5) is 0 Å². The Morgan fingerprint density at radius 3 is 2.50 bits per heavy atom. The Balaban J connectivity index is 1.73. The molecule has 0 aromatic carbocycles. The molecule has 0 aromatic heterocycles. The number of hydrogen-bond donors (Lipinski definition) is 0. The van der Waals surface area contributed by atoms with Crippen molar-refractivity contribution >= 4 is 0 Å². The van der Waals surface area contributed by atoms with Crippen LogP contribution in [0.1, 0.15) is 52.4 Å². The van der Waals surface area contributed by atoms with Gasteiger partial charge in [-0.25, -0.2) is 0 Å². The summed E-state index contributed by atoms with van der Waals surface area (Å²) in [5, 5.41) is 0. The number of allylic oxidation sites excluding steroid dienone is 2. The molecule has 0 heterocycles. The normalized spacial score (nSPS) is 39.6. The lowest BCUT2D eigenvalue weighted by Gasteiger charge is -2.24. The number of unbranched alkanes of at least 4 members (excludes halogenated alkanes) is 3. The van der Waals surface area contributed by atoms with Gasteiger partial charge >= 0.3 is 0 Å². The molecule has 14 heavy (non-hydrogen) atoms. The van der Waals surface area contributed by atoms with Gasteiger partial charge in [-0.1, -0.05) is 51.7 Å². The first-order valence-electron chi connectivity index (χ1n) is 6.51. The van der Waals surface area contributed by atoms with Crippen LogP contribution in [0, 0.1) is 23.7 Å². The molecule has 80 valence electrons. The zero-order valence-corrected chi connectivity index (χ0v) is 9.71. The molecule has 2 bridgehead atoms. The predicted molar refractivity (Wildman–Crippen MR) is 62.2 cm³/mol. The summed E-state index contributed by atoms with van der Waals surface area (Å²) >= 11 is 0. The molecule has 2 aliphatic carbocycles.